The fourth-order valence-electron chi connectivity index (χ4n) is 3.13. The highest BCUT2D eigenvalue weighted by Gasteiger charge is 2.40. The zero-order valence-corrected chi connectivity index (χ0v) is 19.3. The summed E-state index contributed by atoms with van der Waals surface area (Å²) in [5.74, 6) is -4.45. The van der Waals surface area contributed by atoms with E-state index >= 15 is 0 Å². The molecule has 0 unspecified atom stereocenters. The first-order chi connectivity index (χ1) is 16.7. The van der Waals surface area contributed by atoms with Gasteiger partial charge in [-0.2, -0.15) is 0 Å². The summed E-state index contributed by atoms with van der Waals surface area (Å²) < 4.78 is 10.4. The average molecular weight is 475 g/mol. The third-order valence-electron chi connectivity index (χ3n) is 5.13. The number of benzene rings is 3. The minimum Gasteiger partial charge on any atom is -0.478 e. The van der Waals surface area contributed by atoms with E-state index in [-0.39, 0.29) is 17.7 Å². The van der Waals surface area contributed by atoms with Crippen LogP contribution in [-0.4, -0.2) is 41.1 Å². The Morgan fingerprint density at radius 1 is 0.714 bits per heavy atom. The summed E-state index contributed by atoms with van der Waals surface area (Å²) in [6.45, 7) is 3.71. The minimum atomic E-state index is -2.08. The molecule has 3 aromatic rings. The zero-order chi connectivity index (χ0) is 25.4. The molecule has 0 saturated carbocycles. The van der Waals surface area contributed by atoms with Crippen LogP contribution in [0.15, 0.2) is 78.9 Å². The van der Waals surface area contributed by atoms with Gasteiger partial charge in [-0.3, -0.25) is 4.79 Å². The number of carboxylic acid groups (broad SMARTS) is 1. The van der Waals surface area contributed by atoms with Crippen LogP contribution >= 0.6 is 0 Å². The van der Waals surface area contributed by atoms with Crippen LogP contribution in [0.5, 0.6) is 0 Å². The second-order valence-electron chi connectivity index (χ2n) is 7.93. The van der Waals surface area contributed by atoms with Crippen LogP contribution in [0.3, 0.4) is 0 Å². The van der Waals surface area contributed by atoms with Crippen molar-refractivity contribution in [1.82, 2.24) is 5.32 Å². The summed E-state index contributed by atoms with van der Waals surface area (Å²) in [5.41, 5.74) is 2.74. The van der Waals surface area contributed by atoms with Gasteiger partial charge < -0.3 is 19.9 Å². The lowest BCUT2D eigenvalue weighted by molar-refractivity contribution is -0.159. The van der Waals surface area contributed by atoms with Crippen molar-refractivity contribution in [3.05, 3.63) is 107 Å². The van der Waals surface area contributed by atoms with Crippen molar-refractivity contribution in [3.63, 3.8) is 0 Å². The average Bonchev–Trinajstić information content (AvgIpc) is 2.85. The molecule has 0 aliphatic heterocycles. The molecule has 0 spiro atoms. The molecule has 2 atom stereocenters. The number of hydrogen-bond acceptors (Lipinski definition) is 6. The van der Waals surface area contributed by atoms with Gasteiger partial charge in [0.1, 0.15) is 0 Å². The van der Waals surface area contributed by atoms with Crippen LogP contribution in [-0.2, 0) is 25.6 Å². The van der Waals surface area contributed by atoms with Crippen molar-refractivity contribution in [2.45, 2.75) is 32.6 Å². The number of carboxylic acids is 1. The van der Waals surface area contributed by atoms with Gasteiger partial charge in [0.05, 0.1) is 11.1 Å². The molecule has 0 fully saturated rings. The summed E-state index contributed by atoms with van der Waals surface area (Å²) in [4.78, 5) is 50.4. The van der Waals surface area contributed by atoms with Crippen LogP contribution in [0.2, 0.25) is 0 Å². The van der Waals surface area contributed by atoms with Gasteiger partial charge in [-0.15, -0.1) is 0 Å². The van der Waals surface area contributed by atoms with Crippen molar-refractivity contribution in [3.8, 4) is 0 Å². The Kier molecular flexibility index (Phi) is 8.34. The lowest BCUT2D eigenvalue weighted by Crippen LogP contribution is -2.50. The van der Waals surface area contributed by atoms with E-state index in [2.05, 4.69) is 5.32 Å². The number of hydrogen-bond donors (Lipinski definition) is 2. The second kappa shape index (κ2) is 11.6. The Bertz CT molecular complexity index is 1190. The maximum absolute atomic E-state index is 13.0. The molecule has 0 radical (unpaired) electrons. The number of amides is 1. The lowest BCUT2D eigenvalue weighted by Gasteiger charge is -2.23. The van der Waals surface area contributed by atoms with Gasteiger partial charge in [0.15, 0.2) is 0 Å². The molecule has 2 N–H and O–H groups in total. The smallest absolute Gasteiger partial charge is 0.349 e. The quantitative estimate of drug-likeness (QED) is 0.455. The number of carbonyl (C=O) groups is 4. The van der Waals surface area contributed by atoms with E-state index in [0.29, 0.717) is 0 Å². The summed E-state index contributed by atoms with van der Waals surface area (Å²) in [6.07, 6.45) is -4.01. The highest BCUT2D eigenvalue weighted by Crippen LogP contribution is 2.15. The van der Waals surface area contributed by atoms with E-state index in [1.165, 1.54) is 24.3 Å². The Morgan fingerprint density at radius 3 is 1.63 bits per heavy atom. The zero-order valence-electron chi connectivity index (χ0n) is 19.3. The van der Waals surface area contributed by atoms with Crippen molar-refractivity contribution in [2.75, 3.05) is 0 Å². The molecular weight excluding hydrogens is 450 g/mol. The van der Waals surface area contributed by atoms with E-state index in [9.17, 15) is 24.3 Å². The molecule has 3 rings (SSSR count). The summed E-state index contributed by atoms with van der Waals surface area (Å²) in [7, 11) is 0. The Labute approximate surface area is 202 Å². The lowest BCUT2D eigenvalue weighted by atomic mass is 10.1. The fraction of sp³-hybridized carbons (Fsp3) is 0.185. The highest BCUT2D eigenvalue weighted by atomic mass is 16.6. The number of carbonyl (C=O) groups excluding carboxylic acids is 3. The molecule has 0 aromatic heterocycles. The van der Waals surface area contributed by atoms with E-state index in [4.69, 9.17) is 9.47 Å². The van der Waals surface area contributed by atoms with Gasteiger partial charge in [0.25, 0.3) is 5.91 Å². The third-order valence-corrected chi connectivity index (χ3v) is 5.13. The molecule has 0 aliphatic carbocycles. The standard InChI is InChI=1S/C27H25NO7/c1-17-8-12-20(13-9-17)26(32)34-22(24(29)28-16-19-6-4-3-5-7-19)23(25(30)31)35-27(33)21-14-10-18(2)11-15-21/h3-15,22-23H,16H2,1-2H3,(H,28,29)(H,30,31)/t22-,23+/m0/s1. The van der Waals surface area contributed by atoms with E-state index < -0.39 is 36.0 Å². The molecule has 8 nitrogen and oxygen atoms in total. The van der Waals surface area contributed by atoms with Crippen LogP contribution in [0.25, 0.3) is 0 Å². The first kappa shape index (κ1) is 25.2. The fourth-order valence-corrected chi connectivity index (χ4v) is 3.13. The number of aliphatic carboxylic acids is 1. The molecule has 0 bridgehead atoms. The van der Waals surface area contributed by atoms with Crippen LogP contribution in [0.1, 0.15) is 37.4 Å². The first-order valence-electron chi connectivity index (χ1n) is 10.8. The number of aryl methyl sites for hydroxylation is 2. The Hall–Kier alpha value is -4.46. The van der Waals surface area contributed by atoms with Crippen molar-refractivity contribution in [1.29, 1.82) is 0 Å². The monoisotopic (exact) mass is 475 g/mol. The molecule has 0 aliphatic rings. The minimum absolute atomic E-state index is 0.0521. The maximum Gasteiger partial charge on any atom is 0.349 e. The van der Waals surface area contributed by atoms with Crippen molar-refractivity contribution >= 4 is 23.8 Å². The number of rotatable bonds is 9. The molecule has 0 saturated heterocycles. The summed E-state index contributed by atoms with van der Waals surface area (Å²) in [5, 5.41) is 12.3. The topological polar surface area (TPSA) is 119 Å². The van der Waals surface area contributed by atoms with Gasteiger partial charge in [0.2, 0.25) is 12.2 Å². The molecule has 8 heteroatoms. The van der Waals surface area contributed by atoms with E-state index in [1.54, 1.807) is 48.5 Å². The van der Waals surface area contributed by atoms with Crippen molar-refractivity contribution < 1.29 is 33.8 Å². The highest BCUT2D eigenvalue weighted by molar-refractivity contribution is 5.96. The number of ether oxygens (including phenoxy) is 2. The third kappa shape index (κ3) is 7.01. The van der Waals surface area contributed by atoms with Gasteiger partial charge in [-0.25, -0.2) is 14.4 Å². The maximum atomic E-state index is 13.0. The molecular formula is C27H25NO7. The van der Waals surface area contributed by atoms with Crippen LogP contribution < -0.4 is 5.32 Å². The summed E-state index contributed by atoms with van der Waals surface area (Å²) in [6, 6.07) is 21.5. The summed E-state index contributed by atoms with van der Waals surface area (Å²) >= 11 is 0. The van der Waals surface area contributed by atoms with Crippen LogP contribution in [0.4, 0.5) is 0 Å². The molecule has 0 heterocycles. The molecule has 3 aromatic carbocycles. The molecule has 1 amide bonds. The number of esters is 2. The predicted octanol–water partition coefficient (Wildman–Crippen LogP) is 3.46. The van der Waals surface area contributed by atoms with Gasteiger partial charge in [0, 0.05) is 6.54 Å². The molecule has 180 valence electrons. The Balaban J connectivity index is 1.85. The Morgan fingerprint density at radius 2 is 1.17 bits per heavy atom. The van der Waals surface area contributed by atoms with Crippen LogP contribution in [0, 0.1) is 13.8 Å². The first-order valence-corrected chi connectivity index (χ1v) is 10.8. The van der Waals surface area contributed by atoms with Gasteiger partial charge >= 0.3 is 17.9 Å². The molecule has 35 heavy (non-hydrogen) atoms. The van der Waals surface area contributed by atoms with Gasteiger partial charge in [-0.1, -0.05) is 65.7 Å². The second-order valence-corrected chi connectivity index (χ2v) is 7.93. The van der Waals surface area contributed by atoms with E-state index in [0.717, 1.165) is 16.7 Å². The van der Waals surface area contributed by atoms with E-state index in [1.807, 2.05) is 19.9 Å². The van der Waals surface area contributed by atoms with Gasteiger partial charge in [-0.05, 0) is 43.7 Å². The predicted molar refractivity (Wildman–Crippen MR) is 127 cm³/mol. The SMILES string of the molecule is Cc1ccc(C(=O)O[C@H](C(=O)NCc2ccccc2)[C@@H](OC(=O)c2ccc(C)cc2)C(=O)O)cc1. The normalized spacial score (nSPS) is 12.2. The number of nitrogens with one attached hydrogen (secondary N) is 1. The largest absolute Gasteiger partial charge is 0.478 e. The van der Waals surface area contributed by atoms with Crippen molar-refractivity contribution in [2.24, 2.45) is 0 Å².